The first-order valence-electron chi connectivity index (χ1n) is 5.16. The van der Waals surface area contributed by atoms with Gasteiger partial charge in [-0.2, -0.15) is 0 Å². The van der Waals surface area contributed by atoms with Crippen molar-refractivity contribution in [2.75, 3.05) is 33.4 Å². The van der Waals surface area contributed by atoms with Crippen LogP contribution in [-0.4, -0.2) is 39.5 Å². The molecular weight excluding hydrogens is 166 g/mol. The van der Waals surface area contributed by atoms with Gasteiger partial charge in [0.25, 0.3) is 0 Å². The van der Waals surface area contributed by atoms with Crippen molar-refractivity contribution in [3.05, 3.63) is 0 Å². The highest BCUT2D eigenvalue weighted by Crippen LogP contribution is 1.94. The lowest BCUT2D eigenvalue weighted by molar-refractivity contribution is -0.0188. The molecule has 0 aromatic carbocycles. The second kappa shape index (κ2) is 9.96. The summed E-state index contributed by atoms with van der Waals surface area (Å²) in [4.78, 5) is 0. The normalized spacial score (nSPS) is 21.9. The van der Waals surface area contributed by atoms with Crippen molar-refractivity contribution < 1.29 is 9.47 Å². The Labute approximate surface area is 81.8 Å². The number of morpholine rings is 1. The monoisotopic (exact) mass is 189 g/mol. The van der Waals surface area contributed by atoms with Crippen molar-refractivity contribution in [1.29, 1.82) is 0 Å². The largest absolute Gasteiger partial charge is 0.382 e. The molecule has 0 spiro atoms. The third-order valence-corrected chi connectivity index (χ3v) is 1.86. The van der Waals surface area contributed by atoms with Gasteiger partial charge in [-0.15, -0.1) is 0 Å². The molecule has 1 saturated heterocycles. The van der Waals surface area contributed by atoms with Crippen LogP contribution in [0.2, 0.25) is 0 Å². The van der Waals surface area contributed by atoms with Crippen LogP contribution in [0.3, 0.4) is 0 Å². The number of ether oxygens (including phenoxy) is 2. The van der Waals surface area contributed by atoms with Gasteiger partial charge in [0, 0.05) is 20.2 Å². The first-order chi connectivity index (χ1) is 6.35. The number of unbranched alkanes of at least 4 members (excludes halogenated alkanes) is 1. The Morgan fingerprint density at radius 2 is 2.08 bits per heavy atom. The Balaban J connectivity index is 0.000000310. The molecule has 0 aromatic rings. The quantitative estimate of drug-likeness (QED) is 0.728. The molecule has 80 valence electrons. The Hall–Kier alpha value is -0.120. The van der Waals surface area contributed by atoms with Crippen molar-refractivity contribution in [2.45, 2.75) is 32.8 Å². The molecule has 0 aliphatic carbocycles. The maximum absolute atomic E-state index is 5.33. The first-order valence-corrected chi connectivity index (χ1v) is 5.16. The maximum atomic E-state index is 5.33. The molecule has 1 aliphatic heterocycles. The second-order valence-electron chi connectivity index (χ2n) is 3.15. The lowest BCUT2D eigenvalue weighted by Crippen LogP contribution is -2.40. The average Bonchev–Trinajstić information content (AvgIpc) is 2.20. The molecule has 3 nitrogen and oxygen atoms in total. The highest BCUT2D eigenvalue weighted by Gasteiger charge is 2.11. The van der Waals surface area contributed by atoms with Crippen LogP contribution in [0, 0.1) is 0 Å². The minimum Gasteiger partial charge on any atom is -0.382 e. The minimum atomic E-state index is 0.267. The summed E-state index contributed by atoms with van der Waals surface area (Å²) in [7, 11) is 1.69. The van der Waals surface area contributed by atoms with Gasteiger partial charge in [-0.3, -0.25) is 0 Å². The molecule has 0 aromatic heterocycles. The van der Waals surface area contributed by atoms with Crippen LogP contribution < -0.4 is 5.32 Å². The van der Waals surface area contributed by atoms with Gasteiger partial charge < -0.3 is 14.8 Å². The van der Waals surface area contributed by atoms with E-state index < -0.39 is 0 Å². The topological polar surface area (TPSA) is 30.5 Å². The fourth-order valence-corrected chi connectivity index (χ4v) is 0.913. The van der Waals surface area contributed by atoms with E-state index in [0.29, 0.717) is 6.61 Å². The van der Waals surface area contributed by atoms with Gasteiger partial charge in [-0.1, -0.05) is 26.7 Å². The molecule has 1 atom stereocenters. The van der Waals surface area contributed by atoms with Crippen LogP contribution in [0.4, 0.5) is 0 Å². The third-order valence-electron chi connectivity index (χ3n) is 1.86. The highest BCUT2D eigenvalue weighted by atomic mass is 16.5. The van der Waals surface area contributed by atoms with Crippen molar-refractivity contribution in [3.8, 4) is 0 Å². The number of nitrogens with one attached hydrogen (secondary N) is 1. The Bertz CT molecular complexity index is 88.2. The standard InChI is InChI=1S/C6H13NO2.C4H10/c1-8-5-6-4-7-2-3-9-6;1-3-4-2/h6-7H,2-5H2,1H3;3-4H2,1-2H3. The maximum Gasteiger partial charge on any atom is 0.0932 e. The molecule has 3 heteroatoms. The van der Waals surface area contributed by atoms with Gasteiger partial charge >= 0.3 is 0 Å². The number of hydrogen-bond acceptors (Lipinski definition) is 3. The molecule has 1 unspecified atom stereocenters. The fraction of sp³-hybridized carbons (Fsp3) is 1.00. The predicted molar refractivity (Wildman–Crippen MR) is 55.1 cm³/mol. The predicted octanol–water partition coefficient (Wildman–Crippen LogP) is 1.43. The summed E-state index contributed by atoms with van der Waals surface area (Å²) in [6.07, 6.45) is 2.91. The van der Waals surface area contributed by atoms with E-state index in [1.165, 1.54) is 12.8 Å². The summed E-state index contributed by atoms with van der Waals surface area (Å²) in [6.45, 7) is 7.77. The molecule has 1 fully saturated rings. The van der Waals surface area contributed by atoms with Gasteiger partial charge in [0.2, 0.25) is 0 Å². The molecule has 1 rings (SSSR count). The zero-order valence-electron chi connectivity index (χ0n) is 9.14. The lowest BCUT2D eigenvalue weighted by Gasteiger charge is -2.22. The van der Waals surface area contributed by atoms with E-state index in [1.54, 1.807) is 7.11 Å². The van der Waals surface area contributed by atoms with Crippen LogP contribution in [0.25, 0.3) is 0 Å². The van der Waals surface area contributed by atoms with Crippen LogP contribution >= 0.6 is 0 Å². The zero-order chi connectivity index (χ0) is 9.94. The van der Waals surface area contributed by atoms with Gasteiger partial charge in [0.05, 0.1) is 19.3 Å². The van der Waals surface area contributed by atoms with E-state index >= 15 is 0 Å². The van der Waals surface area contributed by atoms with Gasteiger partial charge in [-0.05, 0) is 0 Å². The fourth-order valence-electron chi connectivity index (χ4n) is 0.913. The minimum absolute atomic E-state index is 0.267. The van der Waals surface area contributed by atoms with E-state index in [1.807, 2.05) is 0 Å². The van der Waals surface area contributed by atoms with Crippen molar-refractivity contribution >= 4 is 0 Å². The summed E-state index contributed by atoms with van der Waals surface area (Å²) >= 11 is 0. The van der Waals surface area contributed by atoms with Crippen molar-refractivity contribution in [2.24, 2.45) is 0 Å². The smallest absolute Gasteiger partial charge is 0.0932 e. The lowest BCUT2D eigenvalue weighted by atomic mass is 10.3. The summed E-state index contributed by atoms with van der Waals surface area (Å²) in [5, 5.41) is 3.21. The van der Waals surface area contributed by atoms with Gasteiger partial charge in [0.1, 0.15) is 0 Å². The Morgan fingerprint density at radius 1 is 1.38 bits per heavy atom. The zero-order valence-corrected chi connectivity index (χ0v) is 9.14. The SMILES string of the molecule is CCCC.COCC1CNCCO1. The molecule has 1 N–H and O–H groups in total. The van der Waals surface area contributed by atoms with Gasteiger partial charge in [-0.25, -0.2) is 0 Å². The highest BCUT2D eigenvalue weighted by molar-refractivity contribution is 4.65. The summed E-state index contributed by atoms with van der Waals surface area (Å²) in [5.41, 5.74) is 0. The average molecular weight is 189 g/mol. The number of rotatable bonds is 3. The molecule has 1 aliphatic rings. The Kier molecular flexibility index (Phi) is 9.87. The van der Waals surface area contributed by atoms with E-state index in [0.717, 1.165) is 19.7 Å². The molecule has 0 saturated carbocycles. The van der Waals surface area contributed by atoms with Crippen molar-refractivity contribution in [1.82, 2.24) is 5.32 Å². The van der Waals surface area contributed by atoms with Crippen LogP contribution in [0.5, 0.6) is 0 Å². The third kappa shape index (κ3) is 8.22. The van der Waals surface area contributed by atoms with Crippen LogP contribution in [0.1, 0.15) is 26.7 Å². The summed E-state index contributed by atoms with van der Waals surface area (Å²) in [6, 6.07) is 0. The van der Waals surface area contributed by atoms with Gasteiger partial charge in [0.15, 0.2) is 0 Å². The van der Waals surface area contributed by atoms with Crippen LogP contribution in [0.15, 0.2) is 0 Å². The molecule has 0 bridgehead atoms. The summed E-state index contributed by atoms with van der Waals surface area (Å²) < 4.78 is 10.2. The van der Waals surface area contributed by atoms with Crippen LogP contribution in [-0.2, 0) is 9.47 Å². The van der Waals surface area contributed by atoms with E-state index in [9.17, 15) is 0 Å². The van der Waals surface area contributed by atoms with Crippen molar-refractivity contribution in [3.63, 3.8) is 0 Å². The number of methoxy groups -OCH3 is 1. The molecule has 0 radical (unpaired) electrons. The Morgan fingerprint density at radius 3 is 2.46 bits per heavy atom. The molecular formula is C10H23NO2. The van der Waals surface area contributed by atoms with E-state index in [-0.39, 0.29) is 6.10 Å². The molecule has 0 amide bonds. The second-order valence-corrected chi connectivity index (χ2v) is 3.15. The molecule has 1 heterocycles. The molecule has 13 heavy (non-hydrogen) atoms. The first kappa shape index (κ1) is 12.9. The van der Waals surface area contributed by atoms with E-state index in [4.69, 9.17) is 9.47 Å². The van der Waals surface area contributed by atoms with E-state index in [2.05, 4.69) is 19.2 Å². The summed E-state index contributed by atoms with van der Waals surface area (Å²) in [5.74, 6) is 0. The number of hydrogen-bond donors (Lipinski definition) is 1.